The highest BCUT2D eigenvalue weighted by molar-refractivity contribution is 5.89. The first-order chi connectivity index (χ1) is 19.9. The molecule has 2 aliphatic heterocycles. The quantitative estimate of drug-likeness (QED) is 0.223. The first-order valence-corrected chi connectivity index (χ1v) is 14.2. The fourth-order valence-corrected chi connectivity index (χ4v) is 5.85. The van der Waals surface area contributed by atoms with E-state index in [0.717, 1.165) is 35.6 Å². The van der Waals surface area contributed by atoms with Gasteiger partial charge >= 0.3 is 6.01 Å². The summed E-state index contributed by atoms with van der Waals surface area (Å²) < 4.78 is 12.6. The number of benzene rings is 2. The number of anilines is 1. The number of hydrogen-bond donors (Lipinski definition) is 0. The van der Waals surface area contributed by atoms with E-state index in [4.69, 9.17) is 26.0 Å². The summed E-state index contributed by atoms with van der Waals surface area (Å²) in [6, 6.07) is 12.8. The second kappa shape index (κ2) is 12.7. The van der Waals surface area contributed by atoms with Crippen LogP contribution in [0.25, 0.3) is 15.6 Å². The van der Waals surface area contributed by atoms with Crippen LogP contribution >= 0.6 is 0 Å². The highest BCUT2D eigenvalue weighted by Gasteiger charge is 2.35. The molecule has 3 aromatic rings. The van der Waals surface area contributed by atoms with Gasteiger partial charge in [-0.05, 0) is 55.4 Å². The van der Waals surface area contributed by atoms with Gasteiger partial charge in [0.1, 0.15) is 11.9 Å². The summed E-state index contributed by atoms with van der Waals surface area (Å²) in [6.07, 6.45) is 2.64. The highest BCUT2D eigenvalue weighted by atomic mass is 16.5. The molecule has 0 bridgehead atoms. The molecule has 1 unspecified atom stereocenters. The minimum Gasteiger partial charge on any atom is -0.463 e. The number of amides is 1. The van der Waals surface area contributed by atoms with Gasteiger partial charge in [-0.15, -0.1) is 0 Å². The Kier molecular flexibility index (Phi) is 8.81. The standard InChI is InChI=1S/C32H38N6O3/c1-6-29(39)38-16-15-37(20-24(38)19-33-3)31-26-21-41-28(25-13-8-12-23-11-7-10-22(2)30(23)25)18-27(26)34-32(35-31)40-17-9-14-36(4)5/h6-8,10-13,24,28H,1,9,14-21H2,2,4-5H3/t24-,28?/m0/s1. The number of aromatic nitrogens is 2. The van der Waals surface area contributed by atoms with Gasteiger partial charge in [-0.2, -0.15) is 9.97 Å². The molecular weight excluding hydrogens is 516 g/mol. The summed E-state index contributed by atoms with van der Waals surface area (Å²) >= 11 is 0. The SMILES string of the molecule is [C-]#[N+]C[C@H]1CN(c2nc(OCCCN(C)C)nc3c2COC(c2cccc4cccc(C)c24)C3)CCN1C(=O)C=C. The molecular formula is C32H38N6O3. The number of piperazine rings is 1. The third-order valence-corrected chi connectivity index (χ3v) is 7.87. The number of carbonyl (C=O) groups is 1. The molecule has 9 nitrogen and oxygen atoms in total. The minimum absolute atomic E-state index is 0.145. The van der Waals surface area contributed by atoms with Gasteiger partial charge in [-0.25, -0.2) is 6.57 Å². The minimum atomic E-state index is -0.252. The van der Waals surface area contributed by atoms with Gasteiger partial charge in [0, 0.05) is 38.2 Å². The molecule has 9 heteroatoms. The van der Waals surface area contributed by atoms with Crippen LogP contribution in [-0.2, 0) is 22.6 Å². The Bertz CT molecular complexity index is 1460. The van der Waals surface area contributed by atoms with Crippen LogP contribution in [0.2, 0.25) is 0 Å². The normalized spacial score (nSPS) is 18.7. The molecule has 1 fully saturated rings. The lowest BCUT2D eigenvalue weighted by Gasteiger charge is -2.40. The molecule has 5 rings (SSSR count). The molecule has 0 aliphatic carbocycles. The maximum absolute atomic E-state index is 12.5. The predicted octanol–water partition coefficient (Wildman–Crippen LogP) is 4.21. The molecule has 2 aliphatic rings. The third kappa shape index (κ3) is 6.19. The van der Waals surface area contributed by atoms with Crippen molar-refractivity contribution in [2.75, 3.05) is 58.3 Å². The van der Waals surface area contributed by atoms with Gasteiger partial charge < -0.3 is 29.0 Å². The van der Waals surface area contributed by atoms with E-state index in [1.165, 1.54) is 22.4 Å². The number of carbonyl (C=O) groups excluding carboxylic acids is 1. The van der Waals surface area contributed by atoms with Crippen LogP contribution in [0.15, 0.2) is 49.1 Å². The largest absolute Gasteiger partial charge is 0.463 e. The van der Waals surface area contributed by atoms with E-state index in [1.54, 1.807) is 4.90 Å². The van der Waals surface area contributed by atoms with Crippen LogP contribution in [-0.4, -0.2) is 85.1 Å². The first-order valence-electron chi connectivity index (χ1n) is 14.2. The Morgan fingerprint density at radius 1 is 1.24 bits per heavy atom. The lowest BCUT2D eigenvalue weighted by molar-refractivity contribution is -0.128. The number of rotatable bonds is 9. The molecule has 2 atom stereocenters. The number of aryl methyl sites for hydroxylation is 1. The highest BCUT2D eigenvalue weighted by Crippen LogP contribution is 2.38. The summed E-state index contributed by atoms with van der Waals surface area (Å²) in [6.45, 7) is 16.8. The molecule has 3 heterocycles. The second-order valence-electron chi connectivity index (χ2n) is 11.0. The van der Waals surface area contributed by atoms with Gasteiger partial charge in [0.25, 0.3) is 0 Å². The van der Waals surface area contributed by atoms with E-state index >= 15 is 0 Å². The van der Waals surface area contributed by atoms with Gasteiger partial charge in [-0.1, -0.05) is 43.0 Å². The van der Waals surface area contributed by atoms with Crippen molar-refractivity contribution in [3.63, 3.8) is 0 Å². The van der Waals surface area contributed by atoms with Crippen molar-refractivity contribution < 1.29 is 14.3 Å². The molecule has 0 N–H and O–H groups in total. The van der Waals surface area contributed by atoms with Gasteiger partial charge in [0.2, 0.25) is 12.5 Å². The Morgan fingerprint density at radius 3 is 2.80 bits per heavy atom. The molecule has 0 spiro atoms. The summed E-state index contributed by atoms with van der Waals surface area (Å²) in [7, 11) is 4.08. The van der Waals surface area contributed by atoms with Crippen molar-refractivity contribution in [2.24, 2.45) is 0 Å². The number of nitrogens with zero attached hydrogens (tertiary/aromatic N) is 6. The van der Waals surface area contributed by atoms with Crippen LogP contribution in [0.5, 0.6) is 6.01 Å². The lowest BCUT2D eigenvalue weighted by atomic mass is 9.92. The Labute approximate surface area is 242 Å². The monoisotopic (exact) mass is 554 g/mol. The molecule has 1 aromatic heterocycles. The molecule has 214 valence electrons. The third-order valence-electron chi connectivity index (χ3n) is 7.87. The fraction of sp³-hybridized carbons (Fsp3) is 0.438. The van der Waals surface area contributed by atoms with E-state index in [-0.39, 0.29) is 24.6 Å². The molecule has 0 radical (unpaired) electrons. The number of fused-ring (bicyclic) bond motifs is 2. The van der Waals surface area contributed by atoms with Crippen LogP contribution in [0.1, 0.15) is 34.9 Å². The maximum atomic E-state index is 12.5. The zero-order chi connectivity index (χ0) is 28.9. The summed E-state index contributed by atoms with van der Waals surface area (Å²) in [5.41, 5.74) is 4.25. The van der Waals surface area contributed by atoms with Crippen LogP contribution in [0.3, 0.4) is 0 Å². The summed E-state index contributed by atoms with van der Waals surface area (Å²) in [5, 5.41) is 2.42. The zero-order valence-corrected chi connectivity index (χ0v) is 24.2. The number of hydrogen-bond acceptors (Lipinski definition) is 7. The maximum Gasteiger partial charge on any atom is 0.318 e. The van der Waals surface area contributed by atoms with E-state index in [0.29, 0.717) is 45.3 Å². The summed E-state index contributed by atoms with van der Waals surface area (Å²) in [4.78, 5) is 31.9. The zero-order valence-electron chi connectivity index (χ0n) is 24.2. The van der Waals surface area contributed by atoms with E-state index < -0.39 is 0 Å². The average Bonchev–Trinajstić information content (AvgIpc) is 2.98. The van der Waals surface area contributed by atoms with Crippen LogP contribution in [0, 0.1) is 13.5 Å². The van der Waals surface area contributed by atoms with Crippen LogP contribution in [0.4, 0.5) is 5.82 Å². The van der Waals surface area contributed by atoms with Crippen molar-refractivity contribution in [2.45, 2.75) is 38.5 Å². The molecule has 1 amide bonds. The first kappa shape index (κ1) is 28.5. The van der Waals surface area contributed by atoms with Crippen LogP contribution < -0.4 is 9.64 Å². The molecule has 1 saturated heterocycles. The molecule has 41 heavy (non-hydrogen) atoms. The van der Waals surface area contributed by atoms with E-state index in [2.05, 4.69) is 64.5 Å². The average molecular weight is 555 g/mol. The van der Waals surface area contributed by atoms with Crippen molar-refractivity contribution in [3.05, 3.63) is 82.9 Å². The van der Waals surface area contributed by atoms with Crippen molar-refractivity contribution in [1.82, 2.24) is 19.8 Å². The van der Waals surface area contributed by atoms with Crippen molar-refractivity contribution in [3.8, 4) is 6.01 Å². The van der Waals surface area contributed by atoms with Crippen molar-refractivity contribution >= 4 is 22.5 Å². The molecule has 2 aromatic carbocycles. The van der Waals surface area contributed by atoms with E-state index in [9.17, 15) is 4.79 Å². The Hall–Kier alpha value is -4.00. The topological polar surface area (TPSA) is 75.4 Å². The van der Waals surface area contributed by atoms with Gasteiger partial charge in [0.15, 0.2) is 0 Å². The number of ether oxygens (including phenoxy) is 2. The Balaban J connectivity index is 1.48. The van der Waals surface area contributed by atoms with Crippen molar-refractivity contribution in [1.29, 1.82) is 0 Å². The molecule has 0 saturated carbocycles. The second-order valence-corrected chi connectivity index (χ2v) is 11.0. The fourth-order valence-electron chi connectivity index (χ4n) is 5.85. The smallest absolute Gasteiger partial charge is 0.318 e. The van der Waals surface area contributed by atoms with E-state index in [1.807, 2.05) is 14.1 Å². The Morgan fingerprint density at radius 2 is 2.05 bits per heavy atom. The summed E-state index contributed by atoms with van der Waals surface area (Å²) in [5.74, 6) is 0.621. The lowest BCUT2D eigenvalue weighted by Crippen LogP contribution is -2.56. The van der Waals surface area contributed by atoms with Gasteiger partial charge in [-0.3, -0.25) is 4.79 Å². The predicted molar refractivity (Wildman–Crippen MR) is 160 cm³/mol. The van der Waals surface area contributed by atoms with Gasteiger partial charge in [0.05, 0.1) is 25.0 Å².